The number of nitrogens with one attached hydrogen (secondary N) is 2. The van der Waals surface area contributed by atoms with E-state index in [9.17, 15) is 19.5 Å². The van der Waals surface area contributed by atoms with Crippen LogP contribution in [0, 0.1) is 0 Å². The van der Waals surface area contributed by atoms with Gasteiger partial charge in [-0.2, -0.15) is 0 Å². The fraction of sp³-hybridized carbons (Fsp3) is 0.323. The number of hydrogen-bond acceptors (Lipinski definition) is 5. The van der Waals surface area contributed by atoms with Gasteiger partial charge in [0.25, 0.3) is 5.91 Å². The van der Waals surface area contributed by atoms with Crippen LogP contribution in [0.5, 0.6) is 5.75 Å². The number of benzene rings is 3. The molecule has 1 atom stereocenters. The second-order valence-corrected chi connectivity index (χ2v) is 10.3. The van der Waals surface area contributed by atoms with Crippen molar-refractivity contribution in [3.8, 4) is 5.75 Å². The molecule has 0 radical (unpaired) electrons. The maximum atomic E-state index is 13.3. The second-order valence-electron chi connectivity index (χ2n) is 10.3. The number of phenolic OH excluding ortho intramolecular Hbond substituents is 1. The molecule has 0 fully saturated rings. The molecule has 0 spiro atoms. The maximum absolute atomic E-state index is 13.3. The summed E-state index contributed by atoms with van der Waals surface area (Å²) < 4.78 is 5.59. The van der Waals surface area contributed by atoms with Crippen molar-refractivity contribution >= 4 is 23.5 Å². The molecule has 0 unspecified atom stereocenters. The van der Waals surface area contributed by atoms with Gasteiger partial charge in [-0.25, -0.2) is 4.79 Å². The molecule has 7 nitrogen and oxygen atoms in total. The first-order valence-electron chi connectivity index (χ1n) is 12.8. The Morgan fingerprint density at radius 1 is 0.868 bits per heavy atom. The molecule has 0 aromatic heterocycles. The van der Waals surface area contributed by atoms with E-state index in [4.69, 9.17) is 4.74 Å². The average molecular weight is 517 g/mol. The average Bonchev–Trinajstić information content (AvgIpc) is 2.86. The van der Waals surface area contributed by atoms with Crippen LogP contribution in [0.25, 0.3) is 0 Å². The molecule has 3 N–H and O–H groups in total. The van der Waals surface area contributed by atoms with Gasteiger partial charge in [-0.1, -0.05) is 42.5 Å². The van der Waals surface area contributed by atoms with Crippen LogP contribution in [-0.4, -0.2) is 34.5 Å². The van der Waals surface area contributed by atoms with Gasteiger partial charge in [-0.05, 0) is 93.5 Å². The summed E-state index contributed by atoms with van der Waals surface area (Å²) in [5.74, 6) is -0.893. The van der Waals surface area contributed by atoms with E-state index in [-0.39, 0.29) is 11.7 Å². The number of aryl methyl sites for hydroxylation is 3. The third-order valence-electron chi connectivity index (χ3n) is 5.86. The minimum Gasteiger partial charge on any atom is -0.508 e. The number of carbonyl (C=O) groups excluding carboxylic acids is 3. The Labute approximate surface area is 224 Å². The largest absolute Gasteiger partial charge is 0.508 e. The van der Waals surface area contributed by atoms with E-state index in [1.54, 1.807) is 51.1 Å². The van der Waals surface area contributed by atoms with Crippen LogP contribution in [0.15, 0.2) is 72.8 Å². The van der Waals surface area contributed by atoms with Crippen molar-refractivity contribution in [2.75, 3.05) is 5.32 Å². The summed E-state index contributed by atoms with van der Waals surface area (Å²) in [6, 6.07) is 20.9. The predicted octanol–water partition coefficient (Wildman–Crippen LogP) is 5.21. The fourth-order valence-corrected chi connectivity index (χ4v) is 4.01. The van der Waals surface area contributed by atoms with Crippen LogP contribution in [0.4, 0.5) is 5.69 Å². The zero-order valence-corrected chi connectivity index (χ0v) is 22.4. The number of hydrogen-bond donors (Lipinski definition) is 3. The quantitative estimate of drug-likeness (QED) is 0.321. The Morgan fingerprint density at radius 3 is 2.16 bits per heavy atom. The number of rotatable bonds is 10. The van der Waals surface area contributed by atoms with E-state index in [1.807, 2.05) is 42.5 Å². The molecule has 7 heteroatoms. The number of phenols is 1. The maximum Gasteiger partial charge on any atom is 0.329 e. The topological polar surface area (TPSA) is 105 Å². The summed E-state index contributed by atoms with van der Waals surface area (Å²) in [6.07, 6.45) is 2.20. The minimum absolute atomic E-state index is 0.193. The summed E-state index contributed by atoms with van der Waals surface area (Å²) in [4.78, 5) is 38.0. The lowest BCUT2D eigenvalue weighted by molar-refractivity contribution is -0.157. The molecule has 3 rings (SSSR count). The molecule has 2 amide bonds. The highest BCUT2D eigenvalue weighted by molar-refractivity contribution is 5.98. The molecule has 0 saturated heterocycles. The zero-order valence-electron chi connectivity index (χ0n) is 22.4. The normalized spacial score (nSPS) is 11.9. The monoisotopic (exact) mass is 516 g/mol. The molecular weight excluding hydrogens is 480 g/mol. The molecule has 3 aromatic carbocycles. The van der Waals surface area contributed by atoms with Gasteiger partial charge in [0, 0.05) is 18.2 Å². The summed E-state index contributed by atoms with van der Waals surface area (Å²) in [5.41, 5.74) is 3.19. The molecule has 0 saturated carbocycles. The van der Waals surface area contributed by atoms with Gasteiger partial charge in [0.1, 0.15) is 17.4 Å². The number of aromatic hydroxyl groups is 1. The van der Waals surface area contributed by atoms with Crippen molar-refractivity contribution in [1.82, 2.24) is 5.32 Å². The van der Waals surface area contributed by atoms with Gasteiger partial charge in [0.2, 0.25) is 5.91 Å². The third kappa shape index (κ3) is 9.07. The number of carbonyl (C=O) groups is 3. The zero-order chi connectivity index (χ0) is 27.7. The first-order chi connectivity index (χ1) is 18.0. The van der Waals surface area contributed by atoms with Crippen molar-refractivity contribution in [1.29, 1.82) is 0 Å². The molecule has 0 aliphatic heterocycles. The number of ether oxygens (including phenoxy) is 1. The fourth-order valence-electron chi connectivity index (χ4n) is 4.01. The lowest BCUT2D eigenvalue weighted by Crippen LogP contribution is -2.44. The standard InChI is InChI=1S/C31H36N2O5/c1-21(34)32-27-19-15-25(20-24(27)14-10-23-11-16-26(35)17-12-23)29(36)33-28(30(37)38-31(2,3)4)18-13-22-8-6-5-7-9-22/h5-9,11-12,15-17,19-20,28,35H,10,13-14,18H2,1-4H3,(H,32,34)(H,33,36)/t28-/m0/s1. The Morgan fingerprint density at radius 2 is 1.53 bits per heavy atom. The van der Waals surface area contributed by atoms with E-state index < -0.39 is 23.5 Å². The van der Waals surface area contributed by atoms with Crippen LogP contribution in [0.3, 0.4) is 0 Å². The number of amides is 2. The van der Waals surface area contributed by atoms with Crippen LogP contribution >= 0.6 is 0 Å². The van der Waals surface area contributed by atoms with Crippen LogP contribution < -0.4 is 10.6 Å². The Kier molecular flexibility index (Phi) is 9.66. The van der Waals surface area contributed by atoms with Gasteiger partial charge >= 0.3 is 5.97 Å². The number of anilines is 1. The van der Waals surface area contributed by atoms with E-state index in [1.165, 1.54) is 6.92 Å². The van der Waals surface area contributed by atoms with Crippen molar-refractivity contribution in [2.24, 2.45) is 0 Å². The molecule has 38 heavy (non-hydrogen) atoms. The Hall–Kier alpha value is -4.13. The molecule has 0 aliphatic carbocycles. The van der Waals surface area contributed by atoms with Gasteiger partial charge in [-0.3, -0.25) is 9.59 Å². The molecule has 0 heterocycles. The molecule has 0 bridgehead atoms. The smallest absolute Gasteiger partial charge is 0.329 e. The second kappa shape index (κ2) is 12.9. The molecule has 0 aliphatic rings. The Balaban J connectivity index is 1.79. The van der Waals surface area contributed by atoms with E-state index in [2.05, 4.69) is 10.6 Å². The first kappa shape index (κ1) is 28.4. The van der Waals surface area contributed by atoms with Crippen LogP contribution in [0.2, 0.25) is 0 Å². The van der Waals surface area contributed by atoms with Crippen molar-refractivity contribution < 1.29 is 24.2 Å². The van der Waals surface area contributed by atoms with Crippen molar-refractivity contribution in [3.63, 3.8) is 0 Å². The first-order valence-corrected chi connectivity index (χ1v) is 12.8. The van der Waals surface area contributed by atoms with Crippen molar-refractivity contribution in [2.45, 2.75) is 65.0 Å². The molecular formula is C31H36N2O5. The summed E-state index contributed by atoms with van der Waals surface area (Å²) in [6.45, 7) is 6.81. The van der Waals surface area contributed by atoms with E-state index in [0.717, 1.165) is 16.7 Å². The van der Waals surface area contributed by atoms with Crippen LogP contribution in [-0.2, 0) is 33.6 Å². The summed E-state index contributed by atoms with van der Waals surface area (Å²) in [5, 5.41) is 15.2. The van der Waals surface area contributed by atoms with Crippen molar-refractivity contribution in [3.05, 3.63) is 95.1 Å². The lowest BCUT2D eigenvalue weighted by Gasteiger charge is -2.25. The van der Waals surface area contributed by atoms with Gasteiger partial charge in [0.15, 0.2) is 0 Å². The third-order valence-corrected chi connectivity index (χ3v) is 5.86. The lowest BCUT2D eigenvalue weighted by atomic mass is 9.99. The highest BCUT2D eigenvalue weighted by atomic mass is 16.6. The summed E-state index contributed by atoms with van der Waals surface area (Å²) in [7, 11) is 0. The highest BCUT2D eigenvalue weighted by Crippen LogP contribution is 2.22. The predicted molar refractivity (Wildman–Crippen MR) is 148 cm³/mol. The molecule has 3 aromatic rings. The van der Waals surface area contributed by atoms with E-state index in [0.29, 0.717) is 36.9 Å². The van der Waals surface area contributed by atoms with Gasteiger partial charge in [0.05, 0.1) is 0 Å². The summed E-state index contributed by atoms with van der Waals surface area (Å²) >= 11 is 0. The Bertz CT molecular complexity index is 1250. The minimum atomic E-state index is -0.822. The number of esters is 1. The van der Waals surface area contributed by atoms with Gasteiger partial charge in [-0.15, -0.1) is 0 Å². The van der Waals surface area contributed by atoms with Gasteiger partial charge < -0.3 is 20.5 Å². The highest BCUT2D eigenvalue weighted by Gasteiger charge is 2.27. The van der Waals surface area contributed by atoms with Crippen LogP contribution in [0.1, 0.15) is 61.2 Å². The molecule has 200 valence electrons. The SMILES string of the molecule is CC(=O)Nc1ccc(C(=O)N[C@@H](CCc2ccccc2)C(=O)OC(C)(C)C)cc1CCc1ccc(O)cc1. The van der Waals surface area contributed by atoms with E-state index >= 15 is 0 Å².